The van der Waals surface area contributed by atoms with Crippen molar-refractivity contribution in [2.24, 2.45) is 0 Å². The summed E-state index contributed by atoms with van der Waals surface area (Å²) in [5.74, 6) is -4.69. The highest BCUT2D eigenvalue weighted by Gasteiger charge is 2.48. The van der Waals surface area contributed by atoms with Crippen molar-refractivity contribution in [3.8, 4) is 11.5 Å². The number of aliphatic hydroxyl groups excluding tert-OH is 1. The number of fused-ring (bicyclic) bond motifs is 1. The van der Waals surface area contributed by atoms with Gasteiger partial charge in [0.1, 0.15) is 17.3 Å². The summed E-state index contributed by atoms with van der Waals surface area (Å²) >= 11 is 12.4. The third-order valence-corrected chi connectivity index (χ3v) is 6.56. The van der Waals surface area contributed by atoms with E-state index in [1.165, 1.54) is 26.4 Å². The number of anilines is 1. The van der Waals surface area contributed by atoms with Crippen LogP contribution < -0.4 is 14.4 Å². The van der Waals surface area contributed by atoms with Gasteiger partial charge >= 0.3 is 5.91 Å². The number of H-pyrrole nitrogens is 1. The zero-order valence-electron chi connectivity index (χ0n) is 19.7. The highest BCUT2D eigenvalue weighted by molar-refractivity contribution is 6.51. The van der Waals surface area contributed by atoms with E-state index < -0.39 is 35.1 Å². The number of carbonyl (C=O) groups is 2. The number of methoxy groups -OCH3 is 2. The molecule has 1 unspecified atom stereocenters. The summed E-state index contributed by atoms with van der Waals surface area (Å²) in [4.78, 5) is 34.8. The number of imidazole rings is 1. The minimum absolute atomic E-state index is 0.0217. The predicted octanol–water partition coefficient (Wildman–Crippen LogP) is 5.79. The van der Waals surface area contributed by atoms with Gasteiger partial charge < -0.3 is 19.6 Å². The number of Topliss-reactive ketones (excluding diaryl/α,β-unsaturated/α-hetero) is 1. The van der Waals surface area contributed by atoms with Crippen LogP contribution in [-0.2, 0) is 9.59 Å². The number of ether oxygens (including phenoxy) is 2. The van der Waals surface area contributed by atoms with Gasteiger partial charge in [-0.2, -0.15) is 0 Å². The minimum Gasteiger partial charge on any atom is -0.507 e. The van der Waals surface area contributed by atoms with Gasteiger partial charge in [0.25, 0.3) is 5.78 Å². The average molecular weight is 560 g/mol. The second-order valence-corrected chi connectivity index (χ2v) is 9.10. The molecular weight excluding hydrogens is 543 g/mol. The molecule has 8 nitrogen and oxygen atoms in total. The van der Waals surface area contributed by atoms with Crippen LogP contribution in [0.4, 0.5) is 14.7 Å². The van der Waals surface area contributed by atoms with E-state index in [4.69, 9.17) is 32.7 Å². The SMILES string of the molecule is COc1cccc(C2/C(=C(\O)c3cc(Cl)cc(Cl)c3OC)C(=O)C(=O)N2c2nc3cc(F)c(F)cc3[nH]2)c1. The Hall–Kier alpha value is -4.15. The molecule has 0 radical (unpaired) electrons. The Morgan fingerprint density at radius 1 is 1.05 bits per heavy atom. The second-order valence-electron chi connectivity index (χ2n) is 8.26. The quantitative estimate of drug-likeness (QED) is 0.182. The van der Waals surface area contributed by atoms with Crippen LogP contribution in [0.3, 0.4) is 0 Å². The number of hydrogen-bond acceptors (Lipinski definition) is 6. The van der Waals surface area contributed by atoms with Crippen molar-refractivity contribution in [2.75, 3.05) is 19.1 Å². The summed E-state index contributed by atoms with van der Waals surface area (Å²) in [5.41, 5.74) is 0.138. The number of benzene rings is 3. The summed E-state index contributed by atoms with van der Waals surface area (Å²) in [6, 6.07) is 9.72. The number of rotatable bonds is 5. The van der Waals surface area contributed by atoms with Gasteiger partial charge in [-0.05, 0) is 29.8 Å². The summed E-state index contributed by atoms with van der Waals surface area (Å²) in [7, 11) is 2.76. The van der Waals surface area contributed by atoms with Crippen LogP contribution in [0.15, 0.2) is 54.1 Å². The number of aromatic nitrogens is 2. The molecule has 0 spiro atoms. The maximum absolute atomic E-state index is 13.8. The molecule has 4 aromatic rings. The maximum atomic E-state index is 13.8. The normalized spacial score (nSPS) is 16.9. The number of ketones is 1. The molecule has 1 aliphatic heterocycles. The molecule has 0 bridgehead atoms. The van der Waals surface area contributed by atoms with Crippen molar-refractivity contribution >= 4 is 57.6 Å². The van der Waals surface area contributed by atoms with Crippen LogP contribution in [0.5, 0.6) is 11.5 Å². The molecule has 1 atom stereocenters. The van der Waals surface area contributed by atoms with Crippen molar-refractivity contribution in [1.29, 1.82) is 0 Å². The lowest BCUT2D eigenvalue weighted by Crippen LogP contribution is -2.30. The Bertz CT molecular complexity index is 1630. The van der Waals surface area contributed by atoms with Gasteiger partial charge in [0.15, 0.2) is 11.6 Å². The zero-order valence-corrected chi connectivity index (χ0v) is 21.2. The summed E-state index contributed by atoms with van der Waals surface area (Å²) in [6.45, 7) is 0. The van der Waals surface area contributed by atoms with Crippen LogP contribution in [0.25, 0.3) is 16.8 Å². The zero-order chi connectivity index (χ0) is 27.3. The molecule has 1 aromatic heterocycles. The van der Waals surface area contributed by atoms with Gasteiger partial charge in [0.2, 0.25) is 5.95 Å². The van der Waals surface area contributed by atoms with Crippen molar-refractivity contribution in [1.82, 2.24) is 9.97 Å². The van der Waals surface area contributed by atoms with Gasteiger partial charge in [0, 0.05) is 17.2 Å². The Kier molecular flexibility index (Phi) is 6.46. The molecule has 1 aliphatic rings. The fourth-order valence-electron chi connectivity index (χ4n) is 4.37. The molecule has 5 rings (SSSR count). The highest BCUT2D eigenvalue weighted by Crippen LogP contribution is 2.45. The first-order valence-corrected chi connectivity index (χ1v) is 11.7. The van der Waals surface area contributed by atoms with Crippen LogP contribution in [-0.4, -0.2) is 41.0 Å². The Morgan fingerprint density at radius 2 is 1.79 bits per heavy atom. The molecule has 2 N–H and O–H groups in total. The average Bonchev–Trinajstić information content (AvgIpc) is 3.40. The standard InChI is InChI=1S/C26H17Cl2F2N3O5/c1-37-13-5-3-4-11(6-13)21-20(22(34)14-7-12(27)8-15(28)24(14)38-2)23(35)25(36)33(21)26-31-18-9-16(29)17(30)10-19(18)32-26/h3-10,21,34H,1-2H3,(H,31,32)/b22-20+. The van der Waals surface area contributed by atoms with E-state index in [1.54, 1.807) is 24.3 Å². The number of aromatic amines is 1. The molecule has 2 heterocycles. The third-order valence-electron chi connectivity index (χ3n) is 6.06. The fraction of sp³-hybridized carbons (Fsp3) is 0.115. The molecule has 194 valence electrons. The first-order valence-electron chi connectivity index (χ1n) is 11.0. The van der Waals surface area contributed by atoms with Crippen molar-refractivity contribution in [3.63, 3.8) is 0 Å². The monoisotopic (exact) mass is 559 g/mol. The second kappa shape index (κ2) is 9.62. The van der Waals surface area contributed by atoms with Crippen LogP contribution >= 0.6 is 23.2 Å². The largest absolute Gasteiger partial charge is 0.507 e. The van der Waals surface area contributed by atoms with Gasteiger partial charge in [-0.15, -0.1) is 0 Å². The van der Waals surface area contributed by atoms with Crippen molar-refractivity contribution < 1.29 is 33.0 Å². The number of nitrogens with one attached hydrogen (secondary N) is 1. The van der Waals surface area contributed by atoms with Crippen molar-refractivity contribution in [3.05, 3.63) is 86.9 Å². The molecule has 1 amide bonds. The van der Waals surface area contributed by atoms with Gasteiger partial charge in [-0.1, -0.05) is 35.3 Å². The Morgan fingerprint density at radius 3 is 2.50 bits per heavy atom. The molecule has 1 saturated heterocycles. The van der Waals surface area contributed by atoms with E-state index in [0.717, 1.165) is 17.0 Å². The first-order chi connectivity index (χ1) is 18.1. The van der Waals surface area contributed by atoms with E-state index in [1.807, 2.05) is 0 Å². The molecule has 12 heteroatoms. The lowest BCUT2D eigenvalue weighted by Gasteiger charge is -2.23. The van der Waals surface area contributed by atoms with Crippen LogP contribution in [0.2, 0.25) is 10.0 Å². The molecule has 0 saturated carbocycles. The van der Waals surface area contributed by atoms with E-state index >= 15 is 0 Å². The molecular formula is C26H17Cl2F2N3O5. The predicted molar refractivity (Wildman–Crippen MR) is 137 cm³/mol. The lowest BCUT2D eigenvalue weighted by atomic mass is 9.95. The van der Waals surface area contributed by atoms with Gasteiger partial charge in [-0.25, -0.2) is 13.8 Å². The summed E-state index contributed by atoms with van der Waals surface area (Å²) < 4.78 is 38.3. The van der Waals surface area contributed by atoms with E-state index in [0.29, 0.717) is 11.3 Å². The molecule has 38 heavy (non-hydrogen) atoms. The number of amides is 1. The Balaban J connectivity index is 1.79. The maximum Gasteiger partial charge on any atom is 0.302 e. The third kappa shape index (κ3) is 4.11. The number of hydrogen-bond donors (Lipinski definition) is 2. The van der Waals surface area contributed by atoms with Crippen molar-refractivity contribution in [2.45, 2.75) is 6.04 Å². The number of halogens is 4. The number of aliphatic hydroxyl groups is 1. The number of nitrogens with zero attached hydrogens (tertiary/aromatic N) is 2. The lowest BCUT2D eigenvalue weighted by molar-refractivity contribution is -0.132. The Labute approximate surface area is 224 Å². The van der Waals surface area contributed by atoms with E-state index in [2.05, 4.69) is 9.97 Å². The molecule has 0 aliphatic carbocycles. The highest BCUT2D eigenvalue weighted by atomic mass is 35.5. The summed E-state index contributed by atoms with van der Waals surface area (Å²) in [5, 5.41) is 11.6. The fourth-order valence-corrected chi connectivity index (χ4v) is 4.94. The topological polar surface area (TPSA) is 105 Å². The van der Waals surface area contributed by atoms with Crippen LogP contribution in [0.1, 0.15) is 17.2 Å². The van der Waals surface area contributed by atoms with Gasteiger partial charge in [-0.3, -0.25) is 14.5 Å². The molecule has 3 aromatic carbocycles. The first kappa shape index (κ1) is 25.5. The summed E-state index contributed by atoms with van der Waals surface area (Å²) in [6.07, 6.45) is 0. The smallest absolute Gasteiger partial charge is 0.302 e. The minimum atomic E-state index is -1.23. The van der Waals surface area contributed by atoms with E-state index in [-0.39, 0.29) is 43.9 Å². The molecule has 1 fully saturated rings. The van der Waals surface area contributed by atoms with E-state index in [9.17, 15) is 23.5 Å². The van der Waals surface area contributed by atoms with Gasteiger partial charge in [0.05, 0.1) is 47.5 Å². The van der Waals surface area contributed by atoms with Crippen LogP contribution in [0, 0.1) is 11.6 Å². The number of carbonyl (C=O) groups excluding carboxylic acids is 2.